The first-order valence-corrected chi connectivity index (χ1v) is 6.92. The van der Waals surface area contributed by atoms with Gasteiger partial charge in [0, 0.05) is 13.6 Å². The van der Waals surface area contributed by atoms with Crippen LogP contribution in [0.25, 0.3) is 0 Å². The van der Waals surface area contributed by atoms with Crippen molar-refractivity contribution in [2.75, 3.05) is 13.6 Å². The van der Waals surface area contributed by atoms with Gasteiger partial charge in [-0.25, -0.2) is 8.42 Å². The van der Waals surface area contributed by atoms with E-state index in [1.54, 1.807) is 12.1 Å². The molecule has 1 rings (SSSR count). The topological polar surface area (TPSA) is 81.4 Å². The number of hydrogen-bond donors (Lipinski definition) is 1. The van der Waals surface area contributed by atoms with Crippen LogP contribution in [0.5, 0.6) is 0 Å². The second-order valence-electron chi connectivity index (χ2n) is 4.11. The monoisotopic (exact) mass is 268 g/mol. The molecule has 0 aliphatic carbocycles. The molecule has 6 heteroatoms. The average Bonchev–Trinajstić information content (AvgIpc) is 2.29. The largest absolute Gasteiger partial charge is 0.392 e. The van der Waals surface area contributed by atoms with Gasteiger partial charge in [0.25, 0.3) is 0 Å². The third-order valence-corrected chi connectivity index (χ3v) is 4.27. The maximum atomic E-state index is 12.1. The Labute approximate surface area is 107 Å². The normalized spacial score (nSPS) is 13.3. The fourth-order valence-electron chi connectivity index (χ4n) is 1.52. The summed E-state index contributed by atoms with van der Waals surface area (Å²) in [6.07, 6.45) is -0.466. The lowest BCUT2D eigenvalue weighted by Crippen LogP contribution is -2.33. The molecule has 98 valence electrons. The van der Waals surface area contributed by atoms with Crippen molar-refractivity contribution in [3.05, 3.63) is 29.8 Å². The Hall–Kier alpha value is -1.42. The maximum absolute atomic E-state index is 12.1. The van der Waals surface area contributed by atoms with Crippen LogP contribution in [0, 0.1) is 11.3 Å². The van der Waals surface area contributed by atoms with Crippen LogP contribution in [0.4, 0.5) is 0 Å². The standard InChI is InChI=1S/C12H16N2O3S/c1-10(15)9-14(2)18(16,17)12-5-3-11(4-6-12)7-8-13/h3-6,10,15H,7,9H2,1-2H3. The third kappa shape index (κ3) is 3.53. The number of aliphatic hydroxyl groups excluding tert-OH is 1. The summed E-state index contributed by atoms with van der Waals surface area (Å²) in [5.74, 6) is 0. The van der Waals surface area contributed by atoms with Crippen molar-refractivity contribution >= 4 is 10.0 Å². The van der Waals surface area contributed by atoms with E-state index in [9.17, 15) is 13.5 Å². The molecule has 1 unspecified atom stereocenters. The zero-order valence-electron chi connectivity index (χ0n) is 10.4. The summed E-state index contributed by atoms with van der Waals surface area (Å²) in [5.41, 5.74) is 0.773. The number of benzene rings is 1. The number of sulfonamides is 1. The van der Waals surface area contributed by atoms with Crippen molar-refractivity contribution in [1.82, 2.24) is 4.31 Å². The lowest BCUT2D eigenvalue weighted by Gasteiger charge is -2.18. The molecule has 0 saturated carbocycles. The first-order chi connectivity index (χ1) is 8.37. The van der Waals surface area contributed by atoms with Gasteiger partial charge in [-0.05, 0) is 24.6 Å². The van der Waals surface area contributed by atoms with Crippen molar-refractivity contribution in [1.29, 1.82) is 5.26 Å². The molecule has 18 heavy (non-hydrogen) atoms. The zero-order valence-corrected chi connectivity index (χ0v) is 11.2. The van der Waals surface area contributed by atoms with E-state index >= 15 is 0 Å². The molecule has 0 bridgehead atoms. The molecule has 0 amide bonds. The molecule has 5 nitrogen and oxygen atoms in total. The third-order valence-electron chi connectivity index (χ3n) is 2.44. The zero-order chi connectivity index (χ0) is 13.8. The molecule has 1 aromatic rings. The molecule has 0 aliphatic rings. The number of hydrogen-bond acceptors (Lipinski definition) is 4. The van der Waals surface area contributed by atoms with Gasteiger partial charge in [-0.15, -0.1) is 0 Å². The Kier molecular flexibility index (Phi) is 4.84. The van der Waals surface area contributed by atoms with Crippen LogP contribution in [-0.2, 0) is 16.4 Å². The Morgan fingerprint density at radius 3 is 2.39 bits per heavy atom. The Balaban J connectivity index is 2.95. The minimum atomic E-state index is -3.58. The van der Waals surface area contributed by atoms with Crippen molar-refractivity contribution < 1.29 is 13.5 Å². The molecule has 0 radical (unpaired) electrons. The van der Waals surface area contributed by atoms with Gasteiger partial charge in [0.05, 0.1) is 23.5 Å². The fourth-order valence-corrected chi connectivity index (χ4v) is 2.77. The highest BCUT2D eigenvalue weighted by Crippen LogP contribution is 2.15. The minimum Gasteiger partial charge on any atom is -0.392 e. The lowest BCUT2D eigenvalue weighted by atomic mass is 10.2. The van der Waals surface area contributed by atoms with E-state index in [0.29, 0.717) is 0 Å². The summed E-state index contributed by atoms with van der Waals surface area (Å²) in [4.78, 5) is 0.160. The Morgan fingerprint density at radius 1 is 1.39 bits per heavy atom. The predicted octanol–water partition coefficient (Wildman–Crippen LogP) is 0.754. The Bertz CT molecular complexity index is 529. The van der Waals surface area contributed by atoms with E-state index in [-0.39, 0.29) is 17.9 Å². The van der Waals surface area contributed by atoms with Crippen LogP contribution < -0.4 is 0 Å². The SMILES string of the molecule is CC(O)CN(C)S(=O)(=O)c1ccc(CC#N)cc1. The highest BCUT2D eigenvalue weighted by molar-refractivity contribution is 7.89. The summed E-state index contributed by atoms with van der Waals surface area (Å²) < 4.78 is 25.3. The van der Waals surface area contributed by atoms with Crippen LogP contribution in [0.1, 0.15) is 12.5 Å². The first-order valence-electron chi connectivity index (χ1n) is 5.48. The van der Waals surface area contributed by atoms with Crippen molar-refractivity contribution in [3.8, 4) is 6.07 Å². The molecule has 0 fully saturated rings. The lowest BCUT2D eigenvalue weighted by molar-refractivity contribution is 0.171. The molecule has 1 N–H and O–H groups in total. The van der Waals surface area contributed by atoms with Gasteiger partial charge in [0.1, 0.15) is 0 Å². The van der Waals surface area contributed by atoms with Crippen LogP contribution in [0.2, 0.25) is 0 Å². The molecule has 1 aromatic carbocycles. The number of nitriles is 1. The molecule has 0 heterocycles. The summed E-state index contributed by atoms with van der Waals surface area (Å²) in [5, 5.41) is 17.7. The molecule has 0 spiro atoms. The quantitative estimate of drug-likeness (QED) is 0.854. The van der Waals surface area contributed by atoms with Gasteiger partial charge in [0.2, 0.25) is 10.0 Å². The van der Waals surface area contributed by atoms with E-state index in [2.05, 4.69) is 0 Å². The van der Waals surface area contributed by atoms with Gasteiger partial charge < -0.3 is 5.11 Å². The Morgan fingerprint density at radius 2 is 1.94 bits per heavy atom. The van der Waals surface area contributed by atoms with Crippen LogP contribution in [-0.4, -0.2) is 37.5 Å². The molecule has 0 saturated heterocycles. The van der Waals surface area contributed by atoms with Crippen molar-refractivity contribution in [3.63, 3.8) is 0 Å². The predicted molar refractivity (Wildman–Crippen MR) is 67.3 cm³/mol. The molecule has 0 aromatic heterocycles. The highest BCUT2D eigenvalue weighted by Gasteiger charge is 2.21. The first kappa shape index (κ1) is 14.6. The molecule has 1 atom stereocenters. The van der Waals surface area contributed by atoms with E-state index < -0.39 is 16.1 Å². The number of likely N-dealkylation sites (N-methyl/N-ethyl adjacent to an activating group) is 1. The number of rotatable bonds is 5. The molecular formula is C12H16N2O3S. The van der Waals surface area contributed by atoms with E-state index in [1.807, 2.05) is 6.07 Å². The second kappa shape index (κ2) is 5.96. The fraction of sp³-hybridized carbons (Fsp3) is 0.417. The molecular weight excluding hydrogens is 252 g/mol. The maximum Gasteiger partial charge on any atom is 0.242 e. The average molecular weight is 268 g/mol. The summed E-state index contributed by atoms with van der Waals surface area (Å²) in [6, 6.07) is 8.18. The number of aliphatic hydroxyl groups is 1. The second-order valence-corrected chi connectivity index (χ2v) is 6.16. The molecule has 0 aliphatic heterocycles. The van der Waals surface area contributed by atoms with Gasteiger partial charge in [-0.2, -0.15) is 9.57 Å². The van der Waals surface area contributed by atoms with Crippen LogP contribution in [0.15, 0.2) is 29.2 Å². The van der Waals surface area contributed by atoms with E-state index in [1.165, 1.54) is 26.1 Å². The minimum absolute atomic E-state index is 0.0439. The summed E-state index contributed by atoms with van der Waals surface area (Å²) >= 11 is 0. The van der Waals surface area contributed by atoms with Crippen molar-refractivity contribution in [2.24, 2.45) is 0 Å². The van der Waals surface area contributed by atoms with E-state index in [0.717, 1.165) is 9.87 Å². The van der Waals surface area contributed by atoms with Crippen molar-refractivity contribution in [2.45, 2.75) is 24.3 Å². The summed E-state index contributed by atoms with van der Waals surface area (Å²) in [6.45, 7) is 1.57. The van der Waals surface area contributed by atoms with Gasteiger partial charge in [-0.3, -0.25) is 0 Å². The van der Waals surface area contributed by atoms with Crippen LogP contribution >= 0.6 is 0 Å². The number of nitrogens with zero attached hydrogens (tertiary/aromatic N) is 2. The highest BCUT2D eigenvalue weighted by atomic mass is 32.2. The van der Waals surface area contributed by atoms with Gasteiger partial charge in [0.15, 0.2) is 0 Å². The van der Waals surface area contributed by atoms with E-state index in [4.69, 9.17) is 5.26 Å². The smallest absolute Gasteiger partial charge is 0.242 e. The van der Waals surface area contributed by atoms with Gasteiger partial charge in [-0.1, -0.05) is 12.1 Å². The summed E-state index contributed by atoms with van der Waals surface area (Å²) in [7, 11) is -2.15. The van der Waals surface area contributed by atoms with Gasteiger partial charge >= 0.3 is 0 Å². The van der Waals surface area contributed by atoms with Crippen LogP contribution in [0.3, 0.4) is 0 Å².